The number of amides is 2. The largest absolute Gasteiger partial charge is 0.489 e. The van der Waals surface area contributed by atoms with Crippen molar-refractivity contribution >= 4 is 23.3 Å². The number of aryl methyl sites for hydroxylation is 1. The predicted molar refractivity (Wildman–Crippen MR) is 161 cm³/mol. The molecule has 1 N–H and O–H groups in total. The summed E-state index contributed by atoms with van der Waals surface area (Å²) >= 11 is 0. The Labute approximate surface area is 244 Å². The number of benzene rings is 3. The summed E-state index contributed by atoms with van der Waals surface area (Å²) in [5.41, 5.74) is 2.96. The first-order chi connectivity index (χ1) is 20.6. The minimum atomic E-state index is -0.279. The molecule has 214 valence electrons. The first-order valence-corrected chi connectivity index (χ1v) is 14.4. The molecule has 0 saturated carbocycles. The summed E-state index contributed by atoms with van der Waals surface area (Å²) in [6.45, 7) is 2.90. The van der Waals surface area contributed by atoms with Crippen LogP contribution in [0.15, 0.2) is 96.1 Å². The molecule has 0 unspecified atom stereocenters. The molecule has 9 heteroatoms. The lowest BCUT2D eigenvalue weighted by molar-refractivity contribution is 0.0650. The van der Waals surface area contributed by atoms with E-state index in [0.717, 1.165) is 42.9 Å². The fourth-order valence-corrected chi connectivity index (χ4v) is 5.53. The summed E-state index contributed by atoms with van der Waals surface area (Å²) in [5.74, 6) is 0.614. The fourth-order valence-electron chi connectivity index (χ4n) is 5.53. The summed E-state index contributed by atoms with van der Waals surface area (Å²) in [6, 6.07) is 25.3. The van der Waals surface area contributed by atoms with E-state index in [1.807, 2.05) is 42.5 Å². The topological polar surface area (TPSA) is 96.8 Å². The van der Waals surface area contributed by atoms with Crippen molar-refractivity contribution in [2.75, 3.05) is 29.9 Å². The number of hydrogen-bond acceptors (Lipinski definition) is 7. The minimum Gasteiger partial charge on any atom is -0.489 e. The smallest absolute Gasteiger partial charge is 0.293 e. The van der Waals surface area contributed by atoms with E-state index < -0.39 is 0 Å². The van der Waals surface area contributed by atoms with Crippen LogP contribution in [0.25, 0.3) is 0 Å². The Hall–Kier alpha value is -4.92. The van der Waals surface area contributed by atoms with Crippen LogP contribution in [0.2, 0.25) is 0 Å². The number of imide groups is 1. The normalized spacial score (nSPS) is 15.1. The van der Waals surface area contributed by atoms with E-state index in [1.165, 1.54) is 4.90 Å². The average molecular weight is 564 g/mol. The zero-order chi connectivity index (χ0) is 28.9. The Morgan fingerprint density at radius 2 is 1.48 bits per heavy atom. The Kier molecular flexibility index (Phi) is 7.98. The second kappa shape index (κ2) is 12.3. The van der Waals surface area contributed by atoms with Crippen molar-refractivity contribution in [3.63, 3.8) is 0 Å². The van der Waals surface area contributed by atoms with E-state index in [2.05, 4.69) is 27.3 Å². The second-order valence-corrected chi connectivity index (χ2v) is 10.6. The van der Waals surface area contributed by atoms with Crippen molar-refractivity contribution in [2.45, 2.75) is 38.5 Å². The maximum Gasteiger partial charge on any atom is 0.293 e. The Bertz CT molecular complexity index is 1580. The molecule has 0 aliphatic carbocycles. The van der Waals surface area contributed by atoms with Crippen LogP contribution >= 0.6 is 0 Å². The predicted octanol–water partition coefficient (Wildman–Crippen LogP) is 4.59. The molecule has 0 bridgehead atoms. The number of piperidine rings is 1. The highest BCUT2D eigenvalue weighted by Crippen LogP contribution is 2.25. The highest BCUT2D eigenvalue weighted by Gasteiger charge is 2.34. The summed E-state index contributed by atoms with van der Waals surface area (Å²) in [4.78, 5) is 46.2. The molecular formula is C33H33N5O4. The molecule has 42 heavy (non-hydrogen) atoms. The molecule has 1 fully saturated rings. The molecule has 4 aromatic rings. The first kappa shape index (κ1) is 27.3. The molecule has 2 aliphatic rings. The van der Waals surface area contributed by atoms with Gasteiger partial charge in [-0.05, 0) is 61.2 Å². The Morgan fingerprint density at radius 3 is 2.17 bits per heavy atom. The van der Waals surface area contributed by atoms with Gasteiger partial charge in [0.25, 0.3) is 17.4 Å². The molecule has 3 aromatic carbocycles. The van der Waals surface area contributed by atoms with E-state index >= 15 is 0 Å². The lowest BCUT2D eigenvalue weighted by atomic mass is 10.0. The molecule has 1 saturated heterocycles. The van der Waals surface area contributed by atoms with E-state index in [4.69, 9.17) is 4.74 Å². The van der Waals surface area contributed by atoms with Gasteiger partial charge in [0.05, 0.1) is 11.1 Å². The summed E-state index contributed by atoms with van der Waals surface area (Å²) in [7, 11) is 0. The summed E-state index contributed by atoms with van der Waals surface area (Å²) < 4.78 is 7.50. The number of fused-ring (bicyclic) bond motifs is 1. The fraction of sp³-hybridized carbons (Fsp3) is 0.273. The number of carbonyl (C=O) groups excluding carboxylic acids is 2. The maximum absolute atomic E-state index is 13.1. The van der Waals surface area contributed by atoms with Gasteiger partial charge in [-0.25, -0.2) is 4.98 Å². The molecule has 0 spiro atoms. The lowest BCUT2D eigenvalue weighted by Gasteiger charge is -2.34. The van der Waals surface area contributed by atoms with Gasteiger partial charge in [0.15, 0.2) is 5.82 Å². The van der Waals surface area contributed by atoms with E-state index in [1.54, 1.807) is 41.2 Å². The van der Waals surface area contributed by atoms with Crippen molar-refractivity contribution in [2.24, 2.45) is 0 Å². The first-order valence-electron chi connectivity index (χ1n) is 14.4. The number of ether oxygens (including phenoxy) is 1. The number of carbonyl (C=O) groups is 2. The quantitative estimate of drug-likeness (QED) is 0.282. The van der Waals surface area contributed by atoms with Gasteiger partial charge < -0.3 is 19.5 Å². The van der Waals surface area contributed by atoms with Crippen LogP contribution < -0.4 is 20.5 Å². The molecule has 3 heterocycles. The molecule has 2 aliphatic heterocycles. The molecule has 9 nitrogen and oxygen atoms in total. The highest BCUT2D eigenvalue weighted by molar-refractivity contribution is 6.21. The monoisotopic (exact) mass is 563 g/mol. The van der Waals surface area contributed by atoms with Crippen LogP contribution in [0.1, 0.15) is 45.5 Å². The Balaban J connectivity index is 0.980. The van der Waals surface area contributed by atoms with Crippen molar-refractivity contribution in [1.82, 2.24) is 14.5 Å². The number of anilines is 2. The average Bonchev–Trinajstić information content (AvgIpc) is 3.28. The van der Waals surface area contributed by atoms with Crippen LogP contribution in [0.3, 0.4) is 0 Å². The molecule has 0 atom stereocenters. The van der Waals surface area contributed by atoms with Gasteiger partial charge in [0.2, 0.25) is 0 Å². The lowest BCUT2D eigenvalue weighted by Crippen LogP contribution is -2.40. The number of hydrogen-bond donors (Lipinski definition) is 1. The number of nitrogens with zero attached hydrogens (tertiary/aromatic N) is 4. The molecule has 6 rings (SSSR count). The van der Waals surface area contributed by atoms with Crippen molar-refractivity contribution in [3.8, 4) is 5.75 Å². The van der Waals surface area contributed by atoms with Gasteiger partial charge in [-0.2, -0.15) is 0 Å². The Morgan fingerprint density at radius 1 is 0.810 bits per heavy atom. The van der Waals surface area contributed by atoms with E-state index in [9.17, 15) is 14.4 Å². The van der Waals surface area contributed by atoms with Crippen LogP contribution in [-0.4, -0.2) is 51.9 Å². The number of rotatable bonds is 10. The molecular weight excluding hydrogens is 530 g/mol. The van der Waals surface area contributed by atoms with Gasteiger partial charge in [0, 0.05) is 50.3 Å². The third-order valence-electron chi connectivity index (χ3n) is 7.86. The van der Waals surface area contributed by atoms with Crippen LogP contribution in [0.4, 0.5) is 11.5 Å². The summed E-state index contributed by atoms with van der Waals surface area (Å²) in [5, 5.41) is 3.35. The minimum absolute atomic E-state index is 0.143. The van der Waals surface area contributed by atoms with E-state index in [0.29, 0.717) is 36.5 Å². The van der Waals surface area contributed by atoms with Crippen molar-refractivity contribution < 1.29 is 14.3 Å². The third-order valence-corrected chi connectivity index (χ3v) is 7.86. The zero-order valence-electron chi connectivity index (χ0n) is 23.3. The third kappa shape index (κ3) is 5.90. The standard InChI is InChI=1S/C33H33N5O4/c39-31-28-9-4-5-10-29(28)32(40)38(31)19-6-18-37-22-17-34-30(33(37)41)35-25-15-20-36(21-16-25)26-11-13-27(14-12-26)42-23-24-7-2-1-3-8-24/h1-5,7-14,17,22,25H,6,15-16,18-21,23H2,(H,34,35). The van der Waals surface area contributed by atoms with Crippen molar-refractivity contribution in [3.05, 3.63) is 118 Å². The van der Waals surface area contributed by atoms with Crippen LogP contribution in [-0.2, 0) is 13.2 Å². The van der Waals surface area contributed by atoms with Gasteiger partial charge in [-0.3, -0.25) is 19.3 Å². The molecule has 0 radical (unpaired) electrons. The van der Waals surface area contributed by atoms with Crippen molar-refractivity contribution in [1.29, 1.82) is 0 Å². The molecule has 1 aromatic heterocycles. The summed E-state index contributed by atoms with van der Waals surface area (Å²) in [6.07, 6.45) is 5.49. The number of nitrogens with one attached hydrogen (secondary N) is 1. The van der Waals surface area contributed by atoms with Crippen LogP contribution in [0, 0.1) is 0 Å². The SMILES string of the molecule is O=C1c2ccccc2C(=O)N1CCCn1ccnc(NC2CCN(c3ccc(OCc4ccccc4)cc3)CC2)c1=O. The molecule has 2 amide bonds. The maximum atomic E-state index is 13.1. The van der Waals surface area contributed by atoms with Gasteiger partial charge in [-0.15, -0.1) is 0 Å². The van der Waals surface area contributed by atoms with Gasteiger partial charge >= 0.3 is 0 Å². The number of aromatic nitrogens is 2. The highest BCUT2D eigenvalue weighted by atomic mass is 16.5. The van der Waals surface area contributed by atoms with Crippen LogP contribution in [0.5, 0.6) is 5.75 Å². The van der Waals surface area contributed by atoms with E-state index in [-0.39, 0.29) is 30.0 Å². The zero-order valence-corrected chi connectivity index (χ0v) is 23.3. The van der Waals surface area contributed by atoms with Gasteiger partial charge in [-0.1, -0.05) is 42.5 Å². The van der Waals surface area contributed by atoms with Gasteiger partial charge in [0.1, 0.15) is 12.4 Å². The second-order valence-electron chi connectivity index (χ2n) is 10.6.